The predicted octanol–water partition coefficient (Wildman–Crippen LogP) is 3.03. The molecule has 0 atom stereocenters. The van der Waals surface area contributed by atoms with E-state index in [2.05, 4.69) is 10.1 Å². The van der Waals surface area contributed by atoms with Crippen molar-refractivity contribution in [2.75, 3.05) is 0 Å². The quantitative estimate of drug-likeness (QED) is 0.467. The Labute approximate surface area is 90.2 Å². The van der Waals surface area contributed by atoms with Gasteiger partial charge >= 0.3 is 0 Å². The Hall–Kier alpha value is -1.64. The molecule has 0 unspecified atom stereocenters. The smallest absolute Gasteiger partial charge is 0.0822 e. The van der Waals surface area contributed by atoms with Crippen molar-refractivity contribution in [3.05, 3.63) is 35.2 Å². The summed E-state index contributed by atoms with van der Waals surface area (Å²) in [5, 5.41) is 12.0. The van der Waals surface area contributed by atoms with Gasteiger partial charge in [0.25, 0.3) is 0 Å². The molecular formula is C12H16N2O. The molecule has 0 aromatic carbocycles. The Balaban J connectivity index is 3.02. The number of aromatic nitrogens is 1. The van der Waals surface area contributed by atoms with Gasteiger partial charge < -0.3 is 5.21 Å². The lowest BCUT2D eigenvalue weighted by atomic mass is 10.0. The maximum absolute atomic E-state index is 8.78. The van der Waals surface area contributed by atoms with Crippen LogP contribution in [0.4, 0.5) is 0 Å². The van der Waals surface area contributed by atoms with Gasteiger partial charge in [0.05, 0.1) is 5.71 Å². The second-order valence-corrected chi connectivity index (χ2v) is 3.46. The van der Waals surface area contributed by atoms with Gasteiger partial charge in [0.15, 0.2) is 0 Å². The van der Waals surface area contributed by atoms with Gasteiger partial charge in [0.2, 0.25) is 0 Å². The number of nitrogens with zero attached hydrogens (tertiary/aromatic N) is 2. The van der Waals surface area contributed by atoms with Crippen LogP contribution < -0.4 is 0 Å². The summed E-state index contributed by atoms with van der Waals surface area (Å²) in [6.07, 6.45) is 6.28. The number of aryl methyl sites for hydroxylation is 1. The molecule has 0 spiro atoms. The highest BCUT2D eigenvalue weighted by Gasteiger charge is 2.01. The Morgan fingerprint density at radius 1 is 1.60 bits per heavy atom. The normalized spacial score (nSPS) is 13.0. The second-order valence-electron chi connectivity index (χ2n) is 3.46. The molecule has 1 heterocycles. The minimum absolute atomic E-state index is 0.707. The zero-order valence-electron chi connectivity index (χ0n) is 9.36. The summed E-state index contributed by atoms with van der Waals surface area (Å²) in [5.74, 6) is 0. The van der Waals surface area contributed by atoms with E-state index >= 15 is 0 Å². The molecule has 3 nitrogen and oxygen atoms in total. The molecule has 1 rings (SSSR count). The molecule has 0 radical (unpaired) electrons. The van der Waals surface area contributed by atoms with E-state index < -0.39 is 0 Å². The summed E-state index contributed by atoms with van der Waals surface area (Å²) in [6.45, 7) is 5.93. The molecule has 0 saturated heterocycles. The van der Waals surface area contributed by atoms with Gasteiger partial charge in [0.1, 0.15) is 0 Å². The van der Waals surface area contributed by atoms with E-state index in [0.29, 0.717) is 5.71 Å². The molecule has 0 bridgehead atoms. The molecule has 80 valence electrons. The molecule has 0 aliphatic heterocycles. The largest absolute Gasteiger partial charge is 0.411 e. The minimum Gasteiger partial charge on any atom is -0.411 e. The van der Waals surface area contributed by atoms with Crippen molar-refractivity contribution in [2.24, 2.45) is 5.16 Å². The molecule has 0 fully saturated rings. The first-order valence-corrected chi connectivity index (χ1v) is 4.99. The molecule has 0 aliphatic rings. The van der Waals surface area contributed by atoms with Crippen LogP contribution in [0.2, 0.25) is 0 Å². The Kier molecular flexibility index (Phi) is 4.03. The molecule has 0 aliphatic carbocycles. The predicted molar refractivity (Wildman–Crippen MR) is 62.1 cm³/mol. The molecule has 0 saturated carbocycles. The molecule has 15 heavy (non-hydrogen) atoms. The topological polar surface area (TPSA) is 45.5 Å². The fraction of sp³-hybridized carbons (Fsp3) is 0.333. The number of hydrogen-bond acceptors (Lipinski definition) is 3. The highest BCUT2D eigenvalue weighted by atomic mass is 16.4. The molecule has 0 amide bonds. The summed E-state index contributed by atoms with van der Waals surface area (Å²) < 4.78 is 0. The Morgan fingerprint density at radius 3 is 2.87 bits per heavy atom. The van der Waals surface area contributed by atoms with Crippen LogP contribution in [0.15, 0.2) is 29.2 Å². The van der Waals surface area contributed by atoms with Crippen LogP contribution in [0.1, 0.15) is 31.4 Å². The first-order valence-electron chi connectivity index (χ1n) is 4.99. The van der Waals surface area contributed by atoms with E-state index in [4.69, 9.17) is 5.21 Å². The zero-order chi connectivity index (χ0) is 11.3. The van der Waals surface area contributed by atoms with Gasteiger partial charge in [-0.05, 0) is 49.1 Å². The SMILES string of the molecule is CCC(=N\O)/C(C)=C/c1cnccc1C. The van der Waals surface area contributed by atoms with E-state index in [1.54, 1.807) is 6.20 Å². The van der Waals surface area contributed by atoms with Crippen molar-refractivity contribution in [2.45, 2.75) is 27.2 Å². The lowest BCUT2D eigenvalue weighted by molar-refractivity contribution is 0.318. The fourth-order valence-electron chi connectivity index (χ4n) is 1.37. The van der Waals surface area contributed by atoms with Gasteiger partial charge in [0, 0.05) is 12.4 Å². The minimum atomic E-state index is 0.707. The lowest BCUT2D eigenvalue weighted by Gasteiger charge is -2.03. The third-order valence-electron chi connectivity index (χ3n) is 2.36. The van der Waals surface area contributed by atoms with Crippen molar-refractivity contribution in [3.8, 4) is 0 Å². The van der Waals surface area contributed by atoms with Crippen LogP contribution in [-0.2, 0) is 0 Å². The maximum Gasteiger partial charge on any atom is 0.0822 e. The van der Waals surface area contributed by atoms with Gasteiger partial charge in [-0.2, -0.15) is 0 Å². The van der Waals surface area contributed by atoms with Crippen LogP contribution in [-0.4, -0.2) is 15.9 Å². The summed E-state index contributed by atoms with van der Waals surface area (Å²) in [7, 11) is 0. The van der Waals surface area contributed by atoms with E-state index in [1.165, 1.54) is 0 Å². The van der Waals surface area contributed by atoms with Crippen LogP contribution >= 0.6 is 0 Å². The number of oxime groups is 1. The van der Waals surface area contributed by atoms with E-state index in [0.717, 1.165) is 23.1 Å². The van der Waals surface area contributed by atoms with Crippen molar-refractivity contribution >= 4 is 11.8 Å². The Morgan fingerprint density at radius 2 is 2.33 bits per heavy atom. The summed E-state index contributed by atoms with van der Waals surface area (Å²) in [4.78, 5) is 4.06. The van der Waals surface area contributed by atoms with E-state index in [-0.39, 0.29) is 0 Å². The van der Waals surface area contributed by atoms with E-state index in [1.807, 2.05) is 39.1 Å². The highest BCUT2D eigenvalue weighted by molar-refractivity contribution is 6.02. The third-order valence-corrected chi connectivity index (χ3v) is 2.36. The molecule has 1 aromatic heterocycles. The highest BCUT2D eigenvalue weighted by Crippen LogP contribution is 2.12. The summed E-state index contributed by atoms with van der Waals surface area (Å²) >= 11 is 0. The van der Waals surface area contributed by atoms with Crippen molar-refractivity contribution in [1.29, 1.82) is 0 Å². The molecule has 1 aromatic rings. The number of hydrogen-bond donors (Lipinski definition) is 1. The number of rotatable bonds is 3. The van der Waals surface area contributed by atoms with Crippen molar-refractivity contribution in [3.63, 3.8) is 0 Å². The zero-order valence-corrected chi connectivity index (χ0v) is 9.36. The van der Waals surface area contributed by atoms with Crippen molar-refractivity contribution in [1.82, 2.24) is 4.98 Å². The monoisotopic (exact) mass is 204 g/mol. The lowest BCUT2D eigenvalue weighted by Crippen LogP contribution is -1.98. The van der Waals surface area contributed by atoms with Gasteiger partial charge in [-0.3, -0.25) is 4.98 Å². The van der Waals surface area contributed by atoms with Crippen LogP contribution in [0.5, 0.6) is 0 Å². The number of allylic oxidation sites excluding steroid dienone is 1. The van der Waals surface area contributed by atoms with Crippen LogP contribution in [0.25, 0.3) is 6.08 Å². The standard InChI is InChI=1S/C12H16N2O/c1-4-12(14-15)10(3)7-11-8-13-6-5-9(11)2/h5-8,15H,4H2,1-3H3/b10-7+,14-12+. The Bertz CT molecular complexity index is 394. The van der Waals surface area contributed by atoms with Gasteiger partial charge in [-0.1, -0.05) is 12.1 Å². The van der Waals surface area contributed by atoms with Gasteiger partial charge in [-0.25, -0.2) is 0 Å². The van der Waals surface area contributed by atoms with E-state index in [9.17, 15) is 0 Å². The van der Waals surface area contributed by atoms with Crippen LogP contribution in [0.3, 0.4) is 0 Å². The average Bonchev–Trinajstić information content (AvgIpc) is 2.23. The fourth-order valence-corrected chi connectivity index (χ4v) is 1.37. The first kappa shape index (κ1) is 11.4. The summed E-state index contributed by atoms with van der Waals surface area (Å²) in [5.41, 5.74) is 3.90. The maximum atomic E-state index is 8.78. The molecule has 3 heteroatoms. The second kappa shape index (κ2) is 5.29. The third kappa shape index (κ3) is 2.91. The van der Waals surface area contributed by atoms with Crippen LogP contribution in [0, 0.1) is 6.92 Å². The number of pyridine rings is 1. The average molecular weight is 204 g/mol. The molecule has 1 N–H and O–H groups in total. The van der Waals surface area contributed by atoms with Gasteiger partial charge in [-0.15, -0.1) is 0 Å². The first-order chi connectivity index (χ1) is 7.19. The van der Waals surface area contributed by atoms with Crippen molar-refractivity contribution < 1.29 is 5.21 Å². The summed E-state index contributed by atoms with van der Waals surface area (Å²) in [6, 6.07) is 1.96. The molecular weight excluding hydrogens is 188 g/mol.